The van der Waals surface area contributed by atoms with Crippen molar-refractivity contribution in [3.05, 3.63) is 34.6 Å². The summed E-state index contributed by atoms with van der Waals surface area (Å²) in [7, 11) is 1.74. The summed E-state index contributed by atoms with van der Waals surface area (Å²) < 4.78 is 1.61. The average Bonchev–Trinajstić information content (AvgIpc) is 2.67. The van der Waals surface area contributed by atoms with Gasteiger partial charge in [-0.2, -0.15) is 0 Å². The lowest BCUT2D eigenvalue weighted by Gasteiger charge is -2.09. The van der Waals surface area contributed by atoms with E-state index in [1.807, 2.05) is 25.1 Å². The summed E-state index contributed by atoms with van der Waals surface area (Å²) in [5, 5.41) is 18.9. The van der Waals surface area contributed by atoms with Crippen molar-refractivity contribution in [2.24, 2.45) is 12.8 Å². The fourth-order valence-corrected chi connectivity index (χ4v) is 1.71. The highest BCUT2D eigenvalue weighted by Gasteiger charge is 2.12. The summed E-state index contributed by atoms with van der Waals surface area (Å²) in [6.07, 6.45) is 0. The van der Waals surface area contributed by atoms with Gasteiger partial charge in [0.2, 0.25) is 5.95 Å². The number of rotatable bonds is 3. The van der Waals surface area contributed by atoms with Gasteiger partial charge in [0.1, 0.15) is 0 Å². The van der Waals surface area contributed by atoms with Crippen LogP contribution < -0.4 is 11.1 Å². The first-order chi connectivity index (χ1) is 8.50. The van der Waals surface area contributed by atoms with E-state index in [0.717, 1.165) is 11.3 Å². The zero-order valence-corrected chi connectivity index (χ0v) is 10.8. The maximum Gasteiger partial charge on any atom is 0.229 e. The van der Waals surface area contributed by atoms with Crippen LogP contribution in [0.3, 0.4) is 0 Å². The summed E-state index contributed by atoms with van der Waals surface area (Å²) >= 11 is 6.04. The van der Waals surface area contributed by atoms with Crippen LogP contribution in [-0.2, 0) is 7.05 Å². The van der Waals surface area contributed by atoms with Gasteiger partial charge in [-0.1, -0.05) is 17.7 Å². The van der Waals surface area contributed by atoms with Crippen molar-refractivity contribution in [2.45, 2.75) is 6.92 Å². The Labute approximate surface area is 109 Å². The number of hydrogen-bond donors (Lipinski definition) is 3. The van der Waals surface area contributed by atoms with E-state index in [0.29, 0.717) is 16.8 Å². The van der Waals surface area contributed by atoms with Crippen molar-refractivity contribution < 1.29 is 0 Å². The largest absolute Gasteiger partial charge is 0.381 e. The monoisotopic (exact) mass is 264 g/mol. The van der Waals surface area contributed by atoms with Crippen LogP contribution in [0, 0.1) is 12.3 Å². The fraction of sp³-hybridized carbons (Fsp3) is 0.182. The van der Waals surface area contributed by atoms with Crippen LogP contribution in [0.1, 0.15) is 11.4 Å². The number of nitrogens with one attached hydrogen (secondary N) is 2. The minimum atomic E-state index is -0.124. The van der Waals surface area contributed by atoms with Crippen molar-refractivity contribution in [3.8, 4) is 0 Å². The Morgan fingerprint density at radius 2 is 2.17 bits per heavy atom. The zero-order chi connectivity index (χ0) is 13.3. The number of halogens is 1. The molecule has 1 aromatic carbocycles. The second-order valence-corrected chi connectivity index (χ2v) is 4.26. The topological polar surface area (TPSA) is 92.6 Å². The molecule has 0 radical (unpaired) electrons. The second-order valence-electron chi connectivity index (χ2n) is 3.86. The van der Waals surface area contributed by atoms with Gasteiger partial charge in [-0.05, 0) is 24.6 Å². The molecule has 6 nitrogen and oxygen atoms in total. The van der Waals surface area contributed by atoms with Crippen LogP contribution >= 0.6 is 11.6 Å². The summed E-state index contributed by atoms with van der Waals surface area (Å²) in [6, 6.07) is 5.56. The van der Waals surface area contributed by atoms with Gasteiger partial charge in [0, 0.05) is 17.8 Å². The van der Waals surface area contributed by atoms with Gasteiger partial charge in [-0.25, -0.2) is 0 Å². The summed E-state index contributed by atoms with van der Waals surface area (Å²) in [5.74, 6) is 0.698. The van der Waals surface area contributed by atoms with Gasteiger partial charge in [-0.15, -0.1) is 10.2 Å². The van der Waals surface area contributed by atoms with Gasteiger partial charge in [0.15, 0.2) is 11.7 Å². The molecule has 0 saturated carbocycles. The van der Waals surface area contributed by atoms with Crippen LogP contribution in [0.15, 0.2) is 18.2 Å². The molecule has 0 fully saturated rings. The maximum absolute atomic E-state index is 7.35. The van der Waals surface area contributed by atoms with E-state index >= 15 is 0 Å². The molecule has 0 saturated heterocycles. The van der Waals surface area contributed by atoms with Crippen LogP contribution in [0.2, 0.25) is 5.02 Å². The highest BCUT2D eigenvalue weighted by molar-refractivity contribution is 6.31. The Morgan fingerprint density at radius 1 is 1.44 bits per heavy atom. The van der Waals surface area contributed by atoms with Gasteiger partial charge in [-0.3, -0.25) is 9.98 Å². The number of nitrogens with zero attached hydrogens (tertiary/aromatic N) is 3. The molecular weight excluding hydrogens is 252 g/mol. The standard InChI is InChI=1S/C11H13ClN6/c1-6-7(12)4-3-5-8(6)15-11-17-16-10(9(13)14)18(11)2/h3-5H,1-2H3,(H3,13,14)(H,15,17). The van der Waals surface area contributed by atoms with E-state index in [2.05, 4.69) is 15.5 Å². The lowest BCUT2D eigenvalue weighted by molar-refractivity contribution is 0.899. The number of amidine groups is 1. The van der Waals surface area contributed by atoms with Crippen molar-refractivity contribution in [1.82, 2.24) is 14.8 Å². The quantitative estimate of drug-likeness (QED) is 0.582. The van der Waals surface area contributed by atoms with Gasteiger partial charge < -0.3 is 11.1 Å². The molecule has 0 atom stereocenters. The average molecular weight is 265 g/mol. The van der Waals surface area contributed by atoms with Crippen molar-refractivity contribution >= 4 is 29.1 Å². The summed E-state index contributed by atoms with van der Waals surface area (Å²) in [6.45, 7) is 1.91. The first-order valence-electron chi connectivity index (χ1n) is 5.26. The van der Waals surface area contributed by atoms with Gasteiger partial charge in [0.25, 0.3) is 0 Å². The Hall–Kier alpha value is -2.08. The lowest BCUT2D eigenvalue weighted by atomic mass is 10.2. The van der Waals surface area contributed by atoms with Crippen molar-refractivity contribution in [2.75, 3.05) is 5.32 Å². The molecule has 4 N–H and O–H groups in total. The number of nitrogens with two attached hydrogens (primary N) is 1. The third-order valence-electron chi connectivity index (χ3n) is 2.63. The van der Waals surface area contributed by atoms with E-state index in [4.69, 9.17) is 22.7 Å². The van der Waals surface area contributed by atoms with Crippen molar-refractivity contribution in [3.63, 3.8) is 0 Å². The van der Waals surface area contributed by atoms with E-state index in [1.165, 1.54) is 0 Å². The predicted octanol–water partition coefficient (Wildman–Crippen LogP) is 1.80. The minimum Gasteiger partial charge on any atom is -0.381 e. The van der Waals surface area contributed by atoms with Crippen LogP contribution in [-0.4, -0.2) is 20.6 Å². The van der Waals surface area contributed by atoms with Crippen LogP contribution in [0.4, 0.5) is 11.6 Å². The first kappa shape index (κ1) is 12.4. The Morgan fingerprint density at radius 3 is 2.78 bits per heavy atom. The number of hydrogen-bond acceptors (Lipinski definition) is 4. The molecule has 1 aromatic heterocycles. The number of benzene rings is 1. The van der Waals surface area contributed by atoms with Crippen LogP contribution in [0.5, 0.6) is 0 Å². The Kier molecular flexibility index (Phi) is 3.20. The smallest absolute Gasteiger partial charge is 0.229 e. The molecule has 94 valence electrons. The molecule has 0 amide bonds. The molecule has 18 heavy (non-hydrogen) atoms. The summed E-state index contributed by atoms with van der Waals surface area (Å²) in [5.41, 5.74) is 7.15. The number of nitrogen functional groups attached to an aromatic ring is 1. The second kappa shape index (κ2) is 4.66. The third-order valence-corrected chi connectivity index (χ3v) is 3.04. The molecule has 7 heteroatoms. The van der Waals surface area contributed by atoms with Gasteiger partial charge >= 0.3 is 0 Å². The molecule has 0 spiro atoms. The molecule has 0 bridgehead atoms. The maximum atomic E-state index is 7.35. The van der Waals surface area contributed by atoms with E-state index in [1.54, 1.807) is 11.6 Å². The zero-order valence-electron chi connectivity index (χ0n) is 10.0. The molecule has 0 aliphatic heterocycles. The fourth-order valence-electron chi connectivity index (χ4n) is 1.54. The van der Waals surface area contributed by atoms with Crippen molar-refractivity contribution in [1.29, 1.82) is 5.41 Å². The first-order valence-corrected chi connectivity index (χ1v) is 5.64. The third kappa shape index (κ3) is 2.14. The number of aromatic nitrogens is 3. The van der Waals surface area contributed by atoms with Gasteiger partial charge in [0.05, 0.1) is 0 Å². The molecule has 0 unspecified atom stereocenters. The van der Waals surface area contributed by atoms with E-state index < -0.39 is 0 Å². The molecular formula is C11H13ClN6. The van der Waals surface area contributed by atoms with E-state index in [9.17, 15) is 0 Å². The predicted molar refractivity (Wildman–Crippen MR) is 71.5 cm³/mol. The van der Waals surface area contributed by atoms with Crippen LogP contribution in [0.25, 0.3) is 0 Å². The van der Waals surface area contributed by atoms with E-state index in [-0.39, 0.29) is 5.84 Å². The minimum absolute atomic E-state index is 0.124. The Balaban J connectivity index is 2.35. The highest BCUT2D eigenvalue weighted by atomic mass is 35.5. The molecule has 1 heterocycles. The Bertz CT molecular complexity index is 604. The molecule has 0 aliphatic carbocycles. The lowest BCUT2D eigenvalue weighted by Crippen LogP contribution is -2.17. The molecule has 2 aromatic rings. The number of anilines is 2. The highest BCUT2D eigenvalue weighted by Crippen LogP contribution is 2.25. The summed E-state index contributed by atoms with van der Waals surface area (Å²) in [4.78, 5) is 0. The SMILES string of the molecule is Cc1c(Cl)cccc1Nc1nnc(C(=N)N)n1C. The normalized spacial score (nSPS) is 10.4. The molecule has 0 aliphatic rings. The molecule has 2 rings (SSSR count).